The molecule has 194 valence electrons. The molecule has 4 N–H and O–H groups in total. The van der Waals surface area contributed by atoms with Crippen molar-refractivity contribution in [3.63, 3.8) is 0 Å². The summed E-state index contributed by atoms with van der Waals surface area (Å²) in [6.45, 7) is 0. The number of amides is 2. The van der Waals surface area contributed by atoms with Crippen molar-refractivity contribution in [2.75, 3.05) is 10.6 Å². The minimum atomic E-state index is -0.776. The van der Waals surface area contributed by atoms with Crippen molar-refractivity contribution in [2.45, 2.75) is 0 Å². The Kier molecular flexibility index (Phi) is 5.98. The Morgan fingerprint density at radius 3 is 2.42 bits per heavy atom. The molecule has 0 saturated carbocycles. The first-order chi connectivity index (χ1) is 19.5. The molecule has 0 aliphatic rings. The highest BCUT2D eigenvalue weighted by Gasteiger charge is 2.19. The summed E-state index contributed by atoms with van der Waals surface area (Å²) in [5, 5.41) is 23.0. The molecule has 12 heteroatoms. The second-order valence-corrected chi connectivity index (χ2v) is 8.62. The number of fused-ring (bicyclic) bond motifs is 1. The molecular formula is C28H17N7O5. The Morgan fingerprint density at radius 1 is 0.825 bits per heavy atom. The summed E-state index contributed by atoms with van der Waals surface area (Å²) in [6, 6.07) is 24.2. The fourth-order valence-electron chi connectivity index (χ4n) is 4.14. The largest absolute Gasteiger partial charge is 0.439 e. The van der Waals surface area contributed by atoms with Gasteiger partial charge in [0.15, 0.2) is 17.3 Å². The Bertz CT molecular complexity index is 1990. The SMILES string of the molecule is N#Cc1ccc(NC(=O)c2cc3cccc(NC(=O)c4cc(-c5ccccc5)on4)c3[nH]2)c(-c2noc(=O)[nH]2)c1. The first-order valence-electron chi connectivity index (χ1n) is 11.9. The van der Waals surface area contributed by atoms with E-state index in [9.17, 15) is 19.6 Å². The molecule has 0 aliphatic heterocycles. The van der Waals surface area contributed by atoms with Gasteiger partial charge in [-0.05, 0) is 30.3 Å². The van der Waals surface area contributed by atoms with Crippen molar-refractivity contribution in [3.8, 4) is 28.8 Å². The van der Waals surface area contributed by atoms with Crippen LogP contribution in [-0.4, -0.2) is 32.1 Å². The smallest absolute Gasteiger partial charge is 0.355 e. The van der Waals surface area contributed by atoms with E-state index in [4.69, 9.17) is 4.52 Å². The van der Waals surface area contributed by atoms with E-state index in [0.717, 1.165) is 5.56 Å². The zero-order chi connectivity index (χ0) is 27.6. The third-order valence-electron chi connectivity index (χ3n) is 6.04. The number of H-pyrrole nitrogens is 2. The molecule has 6 rings (SSSR count). The number of rotatable bonds is 6. The lowest BCUT2D eigenvalue weighted by molar-refractivity contribution is 0.101. The number of carbonyl (C=O) groups is 2. The fourth-order valence-corrected chi connectivity index (χ4v) is 4.14. The summed E-state index contributed by atoms with van der Waals surface area (Å²) < 4.78 is 9.90. The normalized spacial score (nSPS) is 10.8. The molecule has 3 heterocycles. The maximum atomic E-state index is 13.2. The minimum Gasteiger partial charge on any atom is -0.355 e. The Balaban J connectivity index is 1.25. The molecule has 0 aliphatic carbocycles. The van der Waals surface area contributed by atoms with Crippen molar-refractivity contribution < 1.29 is 18.6 Å². The number of hydrogen-bond acceptors (Lipinski definition) is 8. The molecule has 0 spiro atoms. The van der Waals surface area contributed by atoms with Crippen LogP contribution in [0.15, 0.2) is 92.7 Å². The standard InChI is InChI=1S/C28H17N7O5/c29-14-15-9-10-19(18(11-15)25-33-28(38)40-35-25)31-26(36)21-12-17-7-4-8-20(24(17)30-21)32-27(37)22-13-23(39-34-22)16-5-2-1-3-6-16/h1-13,30H,(H,31,36)(H,32,37)(H,33,35,38). The lowest BCUT2D eigenvalue weighted by atomic mass is 10.1. The van der Waals surface area contributed by atoms with Gasteiger partial charge in [-0.3, -0.25) is 19.1 Å². The number of benzene rings is 3. The van der Waals surface area contributed by atoms with E-state index in [1.165, 1.54) is 18.2 Å². The monoisotopic (exact) mass is 531 g/mol. The van der Waals surface area contributed by atoms with Crippen LogP contribution in [0.3, 0.4) is 0 Å². The summed E-state index contributed by atoms with van der Waals surface area (Å²) in [6.07, 6.45) is 0. The van der Waals surface area contributed by atoms with Gasteiger partial charge in [-0.1, -0.05) is 52.8 Å². The zero-order valence-corrected chi connectivity index (χ0v) is 20.4. The molecule has 0 bridgehead atoms. The molecule has 0 atom stereocenters. The van der Waals surface area contributed by atoms with Gasteiger partial charge < -0.3 is 20.1 Å². The lowest BCUT2D eigenvalue weighted by Crippen LogP contribution is -2.14. The number of nitrogens with one attached hydrogen (secondary N) is 4. The topological polar surface area (TPSA) is 183 Å². The van der Waals surface area contributed by atoms with Crippen molar-refractivity contribution in [1.82, 2.24) is 20.3 Å². The summed E-state index contributed by atoms with van der Waals surface area (Å²) >= 11 is 0. The van der Waals surface area contributed by atoms with E-state index < -0.39 is 17.6 Å². The van der Waals surface area contributed by atoms with Gasteiger partial charge in [0.1, 0.15) is 5.69 Å². The highest BCUT2D eigenvalue weighted by molar-refractivity contribution is 6.11. The van der Waals surface area contributed by atoms with Gasteiger partial charge in [0.25, 0.3) is 11.8 Å². The number of nitriles is 1. The second kappa shape index (κ2) is 9.92. The first kappa shape index (κ1) is 24.1. The molecule has 12 nitrogen and oxygen atoms in total. The van der Waals surface area contributed by atoms with Gasteiger partial charge >= 0.3 is 5.76 Å². The van der Waals surface area contributed by atoms with E-state index >= 15 is 0 Å². The molecule has 40 heavy (non-hydrogen) atoms. The number of aromatic nitrogens is 4. The summed E-state index contributed by atoms with van der Waals surface area (Å²) in [4.78, 5) is 43.0. The lowest BCUT2D eigenvalue weighted by Gasteiger charge is -2.09. The van der Waals surface area contributed by atoms with Crippen LogP contribution in [0.4, 0.5) is 11.4 Å². The first-order valence-corrected chi connectivity index (χ1v) is 11.9. The fraction of sp³-hybridized carbons (Fsp3) is 0. The van der Waals surface area contributed by atoms with Gasteiger partial charge in [-0.15, -0.1) is 0 Å². The third-order valence-corrected chi connectivity index (χ3v) is 6.04. The minimum absolute atomic E-state index is 0.0577. The van der Waals surface area contributed by atoms with Gasteiger partial charge in [-0.25, -0.2) is 4.79 Å². The molecule has 0 saturated heterocycles. The Hall–Kier alpha value is -6.22. The molecule has 0 unspecified atom stereocenters. The highest BCUT2D eigenvalue weighted by Crippen LogP contribution is 2.29. The van der Waals surface area contributed by atoms with Crippen LogP contribution < -0.4 is 16.4 Å². The van der Waals surface area contributed by atoms with Crippen LogP contribution in [-0.2, 0) is 0 Å². The Morgan fingerprint density at radius 2 is 1.65 bits per heavy atom. The molecule has 3 aromatic carbocycles. The van der Waals surface area contributed by atoms with Crippen LogP contribution in [0.2, 0.25) is 0 Å². The second-order valence-electron chi connectivity index (χ2n) is 8.62. The van der Waals surface area contributed by atoms with Crippen LogP contribution in [0.1, 0.15) is 26.5 Å². The highest BCUT2D eigenvalue weighted by atomic mass is 16.5. The van der Waals surface area contributed by atoms with Crippen molar-refractivity contribution in [2.24, 2.45) is 0 Å². The van der Waals surface area contributed by atoms with Crippen LogP contribution in [0.5, 0.6) is 0 Å². The van der Waals surface area contributed by atoms with Crippen molar-refractivity contribution in [3.05, 3.63) is 106 Å². The van der Waals surface area contributed by atoms with Crippen LogP contribution >= 0.6 is 0 Å². The number of nitrogens with zero attached hydrogens (tertiary/aromatic N) is 3. The van der Waals surface area contributed by atoms with Gasteiger partial charge in [0.2, 0.25) is 0 Å². The number of carbonyl (C=O) groups excluding carboxylic acids is 2. The maximum absolute atomic E-state index is 13.2. The van der Waals surface area contributed by atoms with Gasteiger partial charge in [0.05, 0.1) is 28.5 Å². The molecule has 3 aromatic heterocycles. The predicted molar refractivity (Wildman–Crippen MR) is 143 cm³/mol. The predicted octanol–water partition coefficient (Wildman–Crippen LogP) is 4.54. The zero-order valence-electron chi connectivity index (χ0n) is 20.4. The van der Waals surface area contributed by atoms with Crippen LogP contribution in [0, 0.1) is 11.3 Å². The number of anilines is 2. The maximum Gasteiger partial charge on any atom is 0.439 e. The average molecular weight is 531 g/mol. The molecule has 0 radical (unpaired) electrons. The van der Waals surface area contributed by atoms with Crippen molar-refractivity contribution >= 4 is 34.1 Å². The van der Waals surface area contributed by atoms with E-state index in [2.05, 4.69) is 35.4 Å². The van der Waals surface area contributed by atoms with E-state index in [1.807, 2.05) is 36.4 Å². The molecule has 2 amide bonds. The van der Waals surface area contributed by atoms with E-state index in [1.54, 1.807) is 30.3 Å². The summed E-state index contributed by atoms with van der Waals surface area (Å²) in [5.41, 5.74) is 2.93. The average Bonchev–Trinajstić information content (AvgIpc) is 3.74. The number of hydrogen-bond donors (Lipinski definition) is 4. The number of para-hydroxylation sites is 1. The van der Waals surface area contributed by atoms with Crippen LogP contribution in [0.25, 0.3) is 33.6 Å². The van der Waals surface area contributed by atoms with Gasteiger partial charge in [-0.2, -0.15) is 5.26 Å². The van der Waals surface area contributed by atoms with E-state index in [0.29, 0.717) is 39.2 Å². The summed E-state index contributed by atoms with van der Waals surface area (Å²) in [5.74, 6) is -1.25. The molecular weight excluding hydrogens is 514 g/mol. The quantitative estimate of drug-likeness (QED) is 0.241. The van der Waals surface area contributed by atoms with Crippen molar-refractivity contribution in [1.29, 1.82) is 5.26 Å². The molecule has 0 fully saturated rings. The molecule has 6 aromatic rings. The van der Waals surface area contributed by atoms with E-state index in [-0.39, 0.29) is 17.2 Å². The number of aromatic amines is 2. The third kappa shape index (κ3) is 4.61. The Labute approximate surface area is 224 Å². The van der Waals surface area contributed by atoms with Gasteiger partial charge in [0, 0.05) is 22.6 Å². The summed E-state index contributed by atoms with van der Waals surface area (Å²) in [7, 11) is 0.